The molecule has 1 N–H and O–H groups in total. The predicted octanol–water partition coefficient (Wildman–Crippen LogP) is 3.95. The molecule has 94 valence electrons. The minimum atomic E-state index is 0.590. The molecule has 1 fully saturated rings. The first kappa shape index (κ1) is 12.6. The minimum absolute atomic E-state index is 0.590. The number of benzene rings is 1. The van der Waals surface area contributed by atoms with E-state index >= 15 is 0 Å². The van der Waals surface area contributed by atoms with Crippen LogP contribution in [0.1, 0.15) is 50.8 Å². The third kappa shape index (κ3) is 3.57. The number of hydrogen-bond acceptors (Lipinski definition) is 1. The number of nitrogens with one attached hydrogen (secondary N) is 1. The smallest absolute Gasteiger partial charge is 0.0348 e. The molecule has 1 aromatic carbocycles. The van der Waals surface area contributed by atoms with E-state index in [0.717, 1.165) is 18.4 Å². The van der Waals surface area contributed by atoms with E-state index in [4.69, 9.17) is 0 Å². The summed E-state index contributed by atoms with van der Waals surface area (Å²) in [5.74, 6) is 1.62. The molecule has 1 atom stereocenters. The quantitative estimate of drug-likeness (QED) is 0.782. The Kier molecular flexibility index (Phi) is 4.22. The second-order valence-corrected chi connectivity index (χ2v) is 5.72. The largest absolute Gasteiger partial charge is 0.310 e. The molecule has 0 amide bonds. The molecular weight excluding hydrogens is 206 g/mol. The molecule has 0 aliphatic heterocycles. The van der Waals surface area contributed by atoms with Crippen LogP contribution < -0.4 is 5.32 Å². The van der Waals surface area contributed by atoms with Gasteiger partial charge in [-0.05, 0) is 48.8 Å². The molecule has 0 bridgehead atoms. The Morgan fingerprint density at radius 1 is 1.29 bits per heavy atom. The highest BCUT2D eigenvalue weighted by atomic mass is 14.9. The maximum absolute atomic E-state index is 3.64. The molecule has 0 heterocycles. The lowest BCUT2D eigenvalue weighted by Gasteiger charge is -2.19. The topological polar surface area (TPSA) is 12.0 Å². The van der Waals surface area contributed by atoms with Crippen molar-refractivity contribution in [2.45, 2.75) is 46.1 Å². The third-order valence-electron chi connectivity index (χ3n) is 3.47. The Morgan fingerprint density at radius 3 is 2.65 bits per heavy atom. The van der Waals surface area contributed by atoms with E-state index in [1.807, 2.05) is 0 Å². The van der Waals surface area contributed by atoms with Gasteiger partial charge < -0.3 is 5.32 Å². The van der Waals surface area contributed by atoms with E-state index in [1.54, 1.807) is 0 Å². The molecule has 0 spiro atoms. The molecule has 1 saturated carbocycles. The van der Waals surface area contributed by atoms with Crippen LogP contribution in [0.25, 0.3) is 0 Å². The summed E-state index contributed by atoms with van der Waals surface area (Å²) in [6, 6.07) is 9.77. The van der Waals surface area contributed by atoms with Gasteiger partial charge in [-0.15, -0.1) is 0 Å². The Bertz CT molecular complexity index is 352. The molecule has 0 radical (unpaired) electrons. The van der Waals surface area contributed by atoms with E-state index in [1.165, 1.54) is 30.4 Å². The summed E-state index contributed by atoms with van der Waals surface area (Å²) in [7, 11) is 0. The molecule has 1 heteroatoms. The maximum atomic E-state index is 3.64. The van der Waals surface area contributed by atoms with Crippen LogP contribution in [0.5, 0.6) is 0 Å². The highest BCUT2D eigenvalue weighted by molar-refractivity contribution is 5.27. The first-order valence-electron chi connectivity index (χ1n) is 7.03. The van der Waals surface area contributed by atoms with Gasteiger partial charge in [0, 0.05) is 6.04 Å². The Balaban J connectivity index is 2.12. The van der Waals surface area contributed by atoms with Crippen molar-refractivity contribution in [1.82, 2.24) is 5.32 Å². The summed E-state index contributed by atoms with van der Waals surface area (Å²) in [5.41, 5.74) is 2.98. The van der Waals surface area contributed by atoms with Crippen molar-refractivity contribution in [1.29, 1.82) is 0 Å². The fourth-order valence-corrected chi connectivity index (χ4v) is 2.59. The van der Waals surface area contributed by atoms with Gasteiger partial charge in [-0.3, -0.25) is 0 Å². The highest BCUT2D eigenvalue weighted by Gasteiger charge is 2.31. The fraction of sp³-hybridized carbons (Fsp3) is 0.625. The Hall–Kier alpha value is -0.820. The third-order valence-corrected chi connectivity index (χ3v) is 3.47. The first-order chi connectivity index (χ1) is 8.20. The van der Waals surface area contributed by atoms with E-state index in [-0.39, 0.29) is 0 Å². The van der Waals surface area contributed by atoms with Crippen LogP contribution in [0.2, 0.25) is 0 Å². The molecule has 1 nitrogen and oxygen atoms in total. The van der Waals surface area contributed by atoms with E-state index in [9.17, 15) is 0 Å². The lowest BCUT2D eigenvalue weighted by Crippen LogP contribution is -2.22. The van der Waals surface area contributed by atoms with Crippen LogP contribution in [-0.4, -0.2) is 6.54 Å². The van der Waals surface area contributed by atoms with Crippen molar-refractivity contribution in [3.8, 4) is 0 Å². The zero-order valence-corrected chi connectivity index (χ0v) is 11.4. The SMILES string of the molecule is CCNC(c1cccc(CC(C)C)c1)C1CC1. The summed E-state index contributed by atoms with van der Waals surface area (Å²) < 4.78 is 0. The van der Waals surface area contributed by atoms with Crippen LogP contribution in [0, 0.1) is 11.8 Å². The van der Waals surface area contributed by atoms with Gasteiger partial charge in [0.1, 0.15) is 0 Å². The van der Waals surface area contributed by atoms with Crippen LogP contribution in [0.4, 0.5) is 0 Å². The summed E-state index contributed by atoms with van der Waals surface area (Å²) in [6.07, 6.45) is 3.98. The molecule has 1 aliphatic rings. The van der Waals surface area contributed by atoms with Crippen molar-refractivity contribution in [2.24, 2.45) is 11.8 Å². The fourth-order valence-electron chi connectivity index (χ4n) is 2.59. The normalized spacial score (nSPS) is 17.4. The first-order valence-corrected chi connectivity index (χ1v) is 7.03. The summed E-state index contributed by atoms with van der Waals surface area (Å²) in [4.78, 5) is 0. The predicted molar refractivity (Wildman–Crippen MR) is 74.1 cm³/mol. The zero-order valence-electron chi connectivity index (χ0n) is 11.4. The standard InChI is InChI=1S/C16H25N/c1-4-17-16(14-8-9-14)15-7-5-6-13(11-15)10-12(2)3/h5-7,11-12,14,16-17H,4,8-10H2,1-3H3. The second-order valence-electron chi connectivity index (χ2n) is 5.72. The molecule has 17 heavy (non-hydrogen) atoms. The summed E-state index contributed by atoms with van der Waals surface area (Å²) in [6.45, 7) is 7.84. The minimum Gasteiger partial charge on any atom is -0.310 e. The highest BCUT2D eigenvalue weighted by Crippen LogP contribution is 2.41. The van der Waals surface area contributed by atoms with Gasteiger partial charge in [-0.2, -0.15) is 0 Å². The van der Waals surface area contributed by atoms with Crippen LogP contribution in [0.3, 0.4) is 0 Å². The summed E-state index contributed by atoms with van der Waals surface area (Å²) in [5, 5.41) is 3.64. The van der Waals surface area contributed by atoms with Gasteiger partial charge >= 0.3 is 0 Å². The van der Waals surface area contributed by atoms with Crippen LogP contribution in [-0.2, 0) is 6.42 Å². The van der Waals surface area contributed by atoms with Gasteiger partial charge in [0.05, 0.1) is 0 Å². The molecule has 0 saturated heterocycles. The summed E-state index contributed by atoms with van der Waals surface area (Å²) >= 11 is 0. The lowest BCUT2D eigenvalue weighted by atomic mass is 9.96. The molecule has 0 aromatic heterocycles. The van der Waals surface area contributed by atoms with Crippen molar-refractivity contribution in [3.63, 3.8) is 0 Å². The second kappa shape index (κ2) is 5.68. The van der Waals surface area contributed by atoms with Gasteiger partial charge in [0.2, 0.25) is 0 Å². The molecule has 1 aromatic rings. The number of hydrogen-bond donors (Lipinski definition) is 1. The Labute approximate surface area is 106 Å². The molecular formula is C16H25N. The van der Waals surface area contributed by atoms with Gasteiger partial charge in [0.25, 0.3) is 0 Å². The van der Waals surface area contributed by atoms with Crippen LogP contribution >= 0.6 is 0 Å². The van der Waals surface area contributed by atoms with Crippen molar-refractivity contribution in [3.05, 3.63) is 35.4 Å². The van der Waals surface area contributed by atoms with Gasteiger partial charge in [0.15, 0.2) is 0 Å². The average Bonchev–Trinajstić information content (AvgIpc) is 3.09. The monoisotopic (exact) mass is 231 g/mol. The van der Waals surface area contributed by atoms with Crippen molar-refractivity contribution < 1.29 is 0 Å². The van der Waals surface area contributed by atoms with E-state index in [0.29, 0.717) is 6.04 Å². The zero-order chi connectivity index (χ0) is 12.3. The van der Waals surface area contributed by atoms with Crippen molar-refractivity contribution in [2.75, 3.05) is 6.54 Å². The van der Waals surface area contributed by atoms with E-state index < -0.39 is 0 Å². The molecule has 2 rings (SSSR count). The molecule has 1 aliphatic carbocycles. The maximum Gasteiger partial charge on any atom is 0.0348 e. The van der Waals surface area contributed by atoms with Gasteiger partial charge in [-0.25, -0.2) is 0 Å². The number of rotatable bonds is 6. The molecule has 1 unspecified atom stereocenters. The van der Waals surface area contributed by atoms with Gasteiger partial charge in [-0.1, -0.05) is 45.0 Å². The van der Waals surface area contributed by atoms with Crippen LogP contribution in [0.15, 0.2) is 24.3 Å². The van der Waals surface area contributed by atoms with Crippen molar-refractivity contribution >= 4 is 0 Å². The average molecular weight is 231 g/mol. The lowest BCUT2D eigenvalue weighted by molar-refractivity contribution is 0.495. The van der Waals surface area contributed by atoms with E-state index in [2.05, 4.69) is 50.4 Å². The Morgan fingerprint density at radius 2 is 2.06 bits per heavy atom.